The van der Waals surface area contributed by atoms with Gasteiger partial charge in [-0.25, -0.2) is 8.78 Å². The Morgan fingerprint density at radius 1 is 1.22 bits per heavy atom. The van der Waals surface area contributed by atoms with Gasteiger partial charge in [-0.1, -0.05) is 0 Å². The molecule has 2 aromatic heterocycles. The van der Waals surface area contributed by atoms with Crippen LogP contribution in [0.3, 0.4) is 0 Å². The Balaban J connectivity index is 1.33. The van der Waals surface area contributed by atoms with Gasteiger partial charge in [-0.05, 0) is 60.4 Å². The zero-order valence-electron chi connectivity index (χ0n) is 21.3. The van der Waals surface area contributed by atoms with Gasteiger partial charge < -0.3 is 9.64 Å². The van der Waals surface area contributed by atoms with Crippen LogP contribution in [0, 0.1) is 28.4 Å². The van der Waals surface area contributed by atoms with Crippen molar-refractivity contribution >= 4 is 16.8 Å². The number of halogens is 2. The number of hydrogen-bond acceptors (Lipinski definition) is 5. The number of pyridine rings is 1. The van der Waals surface area contributed by atoms with Crippen molar-refractivity contribution in [3.8, 4) is 22.9 Å². The van der Waals surface area contributed by atoms with Gasteiger partial charge >= 0.3 is 0 Å². The van der Waals surface area contributed by atoms with Crippen LogP contribution < -0.4 is 4.74 Å². The van der Waals surface area contributed by atoms with E-state index in [0.717, 1.165) is 29.9 Å². The summed E-state index contributed by atoms with van der Waals surface area (Å²) in [5.41, 5.74) is 0.382. The van der Waals surface area contributed by atoms with Crippen LogP contribution in [-0.2, 0) is 20.1 Å². The maximum Gasteiger partial charge on any atom is 0.256 e. The molecule has 1 aliphatic heterocycles. The molecule has 0 spiro atoms. The fraction of sp³-hybridized carbons (Fsp3) is 0.259. The molecule has 1 amide bonds. The highest BCUT2D eigenvalue weighted by molar-refractivity contribution is 5.98. The first-order valence-corrected chi connectivity index (χ1v) is 11.4. The number of nitrogens with zero attached hydrogens (tertiary/aromatic N) is 5. The molecule has 4 aromatic rings. The minimum absolute atomic E-state index is 0.0681. The predicted molar refractivity (Wildman–Crippen MR) is 127 cm³/mol. The standard InChI is InChI=1S/C27H21F2N5O2/c1-33-11-19-17(4-5-24(25(19)32-33)36-15-27(14-30)6-7-27)16-9-21(28)20(22(29)10-16)12-34-13-23-18(26(34)35)3-2-8-31-23/h2-5,8-11H,6-7,12-13,15H2,1H3/i13D2. The second-order valence-electron chi connectivity index (χ2n) is 9.18. The molecule has 0 radical (unpaired) electrons. The van der Waals surface area contributed by atoms with E-state index in [1.54, 1.807) is 30.1 Å². The topological polar surface area (TPSA) is 84.0 Å². The molecule has 0 atom stereocenters. The summed E-state index contributed by atoms with van der Waals surface area (Å²) in [5, 5.41) is 14.4. The molecule has 0 saturated heterocycles. The Hall–Kier alpha value is -4.32. The number of fused-ring (bicyclic) bond motifs is 2. The summed E-state index contributed by atoms with van der Waals surface area (Å²) < 4.78 is 54.9. The SMILES string of the molecule is [2H]C1([2H])c2ncccc2C(=O)N1Cc1c(F)cc(-c2ccc(OCC3(C#N)CC3)c3nn(C)cc23)cc1F. The first kappa shape index (κ1) is 19.9. The van der Waals surface area contributed by atoms with Gasteiger partial charge in [0.05, 0.1) is 38.5 Å². The molecule has 3 heterocycles. The lowest BCUT2D eigenvalue weighted by Crippen LogP contribution is -2.24. The number of benzene rings is 2. The zero-order chi connectivity index (χ0) is 26.8. The lowest BCUT2D eigenvalue weighted by Gasteiger charge is -2.17. The van der Waals surface area contributed by atoms with E-state index in [1.165, 1.54) is 18.3 Å². The number of carbonyl (C=O) groups excluding carboxylic acids is 1. The molecule has 0 bridgehead atoms. The van der Waals surface area contributed by atoms with Crippen molar-refractivity contribution in [1.82, 2.24) is 19.7 Å². The van der Waals surface area contributed by atoms with Gasteiger partial charge in [-0.15, -0.1) is 0 Å². The quantitative estimate of drug-likeness (QED) is 0.392. The Labute approximate surface area is 208 Å². The van der Waals surface area contributed by atoms with E-state index in [0.29, 0.717) is 22.2 Å². The van der Waals surface area contributed by atoms with Crippen LogP contribution in [0.4, 0.5) is 8.78 Å². The van der Waals surface area contributed by atoms with Crippen LogP contribution in [0.25, 0.3) is 22.0 Å². The summed E-state index contributed by atoms with van der Waals surface area (Å²) in [5.74, 6) is -2.02. The summed E-state index contributed by atoms with van der Waals surface area (Å²) in [4.78, 5) is 17.6. The number of rotatable bonds is 6. The highest BCUT2D eigenvalue weighted by Crippen LogP contribution is 2.45. The number of hydrogen-bond donors (Lipinski definition) is 0. The number of aromatic nitrogens is 3. The van der Waals surface area contributed by atoms with Crippen molar-refractivity contribution in [2.45, 2.75) is 25.9 Å². The highest BCUT2D eigenvalue weighted by Gasteiger charge is 2.44. The Bertz CT molecular complexity index is 1650. The van der Waals surface area contributed by atoms with Crippen molar-refractivity contribution in [2.24, 2.45) is 12.5 Å². The molecular weight excluding hydrogens is 464 g/mol. The van der Waals surface area contributed by atoms with Gasteiger partial charge in [0.2, 0.25) is 0 Å². The van der Waals surface area contributed by atoms with Crippen LogP contribution in [0.1, 0.15) is 37.2 Å². The molecule has 0 N–H and O–H groups in total. The van der Waals surface area contributed by atoms with Crippen LogP contribution in [0.2, 0.25) is 0 Å². The molecule has 36 heavy (non-hydrogen) atoms. The average molecular weight is 488 g/mol. The number of ether oxygens (including phenoxy) is 1. The van der Waals surface area contributed by atoms with E-state index in [1.807, 2.05) is 0 Å². The molecule has 1 saturated carbocycles. The van der Waals surface area contributed by atoms with E-state index in [-0.39, 0.29) is 23.4 Å². The third-order valence-corrected chi connectivity index (χ3v) is 6.64. The predicted octanol–water partition coefficient (Wildman–Crippen LogP) is 4.75. The van der Waals surface area contributed by atoms with Crippen molar-refractivity contribution in [3.05, 3.63) is 77.2 Å². The molecule has 6 rings (SSSR count). The highest BCUT2D eigenvalue weighted by atomic mass is 19.1. The van der Waals surface area contributed by atoms with Gasteiger partial charge in [0.15, 0.2) is 0 Å². The minimum Gasteiger partial charge on any atom is -0.490 e. The van der Waals surface area contributed by atoms with E-state index in [2.05, 4.69) is 16.2 Å². The smallest absolute Gasteiger partial charge is 0.256 e. The van der Waals surface area contributed by atoms with E-state index in [4.69, 9.17) is 7.48 Å². The number of nitriles is 1. The van der Waals surface area contributed by atoms with Crippen LogP contribution in [0.15, 0.2) is 48.8 Å². The normalized spacial score (nSPS) is 17.9. The van der Waals surface area contributed by atoms with Gasteiger partial charge in [0.1, 0.15) is 29.5 Å². The second kappa shape index (κ2) is 8.12. The largest absolute Gasteiger partial charge is 0.490 e. The number of amides is 1. The van der Waals surface area contributed by atoms with E-state index in [9.17, 15) is 10.1 Å². The van der Waals surface area contributed by atoms with Gasteiger partial charge in [-0.2, -0.15) is 10.4 Å². The second-order valence-corrected chi connectivity index (χ2v) is 9.18. The number of carbonyl (C=O) groups is 1. The fourth-order valence-corrected chi connectivity index (χ4v) is 4.39. The summed E-state index contributed by atoms with van der Waals surface area (Å²) in [6.07, 6.45) is 4.66. The molecule has 7 nitrogen and oxygen atoms in total. The van der Waals surface area contributed by atoms with Gasteiger partial charge in [0.25, 0.3) is 5.91 Å². The lowest BCUT2D eigenvalue weighted by molar-refractivity contribution is 0.0763. The molecule has 180 valence electrons. The lowest BCUT2D eigenvalue weighted by atomic mass is 9.99. The molecule has 2 aromatic carbocycles. The van der Waals surface area contributed by atoms with Gasteiger partial charge in [-0.3, -0.25) is 14.5 Å². The first-order chi connectivity index (χ1) is 18.1. The van der Waals surface area contributed by atoms with E-state index >= 15 is 8.78 Å². The Morgan fingerprint density at radius 3 is 2.69 bits per heavy atom. The van der Waals surface area contributed by atoms with Crippen molar-refractivity contribution < 1.29 is 21.1 Å². The Morgan fingerprint density at radius 2 is 2.00 bits per heavy atom. The molecule has 9 heteroatoms. The summed E-state index contributed by atoms with van der Waals surface area (Å²) in [6, 6.07) is 10.9. The number of aryl methyl sites for hydroxylation is 1. The molecular formula is C27H21F2N5O2. The van der Waals surface area contributed by atoms with Crippen molar-refractivity contribution in [2.75, 3.05) is 6.61 Å². The summed E-state index contributed by atoms with van der Waals surface area (Å²) in [7, 11) is 1.73. The maximum absolute atomic E-state index is 15.3. The minimum atomic E-state index is -2.31. The molecule has 2 aliphatic rings. The third kappa shape index (κ3) is 3.66. The van der Waals surface area contributed by atoms with Crippen LogP contribution >= 0.6 is 0 Å². The summed E-state index contributed by atoms with van der Waals surface area (Å²) >= 11 is 0. The van der Waals surface area contributed by atoms with E-state index < -0.39 is 41.6 Å². The zero-order valence-corrected chi connectivity index (χ0v) is 19.3. The summed E-state index contributed by atoms with van der Waals surface area (Å²) in [6.45, 7) is -2.67. The van der Waals surface area contributed by atoms with Crippen LogP contribution in [0.5, 0.6) is 5.75 Å². The monoisotopic (exact) mass is 487 g/mol. The Kier molecular flexibility index (Phi) is 4.50. The average Bonchev–Trinajstić information content (AvgIpc) is 3.52. The molecule has 1 aliphatic carbocycles. The van der Waals surface area contributed by atoms with Crippen molar-refractivity contribution in [3.63, 3.8) is 0 Å². The maximum atomic E-state index is 15.3. The third-order valence-electron chi connectivity index (χ3n) is 6.64. The van der Waals surface area contributed by atoms with Gasteiger partial charge in [0, 0.05) is 30.4 Å². The molecule has 0 unspecified atom stereocenters. The van der Waals surface area contributed by atoms with Crippen molar-refractivity contribution in [1.29, 1.82) is 5.26 Å². The molecule has 1 fully saturated rings. The van der Waals surface area contributed by atoms with Crippen LogP contribution in [-0.4, -0.2) is 32.2 Å². The fourth-order valence-electron chi connectivity index (χ4n) is 4.39. The first-order valence-electron chi connectivity index (χ1n) is 12.4.